The number of likely N-dealkylation sites (N-methyl/N-ethyl adjacent to an activating group) is 1. The molecule has 1 saturated carbocycles. The highest BCUT2D eigenvalue weighted by molar-refractivity contribution is 5.75. The number of benzene rings is 1. The number of carbonyl (C=O) groups is 1. The molecule has 0 spiro atoms. The van der Waals surface area contributed by atoms with E-state index in [2.05, 4.69) is 4.90 Å². The van der Waals surface area contributed by atoms with Crippen LogP contribution in [0.2, 0.25) is 0 Å². The number of carboxylic acid groups (broad SMARTS) is 1. The molecule has 3 nitrogen and oxygen atoms in total. The highest BCUT2D eigenvalue weighted by atomic mass is 16.4. The predicted octanol–water partition coefficient (Wildman–Crippen LogP) is 3.39. The van der Waals surface area contributed by atoms with Gasteiger partial charge in [-0.1, -0.05) is 49.1 Å². The molecule has 1 N–H and O–H groups in total. The Morgan fingerprint density at radius 1 is 1.32 bits per heavy atom. The van der Waals surface area contributed by atoms with Crippen molar-refractivity contribution < 1.29 is 9.90 Å². The summed E-state index contributed by atoms with van der Waals surface area (Å²) in [5, 5.41) is 9.58. The Balaban J connectivity index is 2.21. The Morgan fingerprint density at radius 2 is 2.00 bits per heavy atom. The SMILES string of the molecule is Cc1cccc(C(C(=O)O)N(C)C2CCCCC2)c1. The Bertz CT molecular complexity index is 438. The second-order valence-electron chi connectivity index (χ2n) is 5.61. The zero-order valence-electron chi connectivity index (χ0n) is 11.8. The highest BCUT2D eigenvalue weighted by Crippen LogP contribution is 2.29. The molecule has 1 atom stereocenters. The number of aliphatic carboxylic acids is 1. The predicted molar refractivity (Wildman–Crippen MR) is 76.2 cm³/mol. The van der Waals surface area contributed by atoms with E-state index in [9.17, 15) is 9.90 Å². The molecule has 0 heterocycles. The molecule has 0 aliphatic heterocycles. The van der Waals surface area contributed by atoms with Crippen LogP contribution in [0.15, 0.2) is 24.3 Å². The van der Waals surface area contributed by atoms with Crippen molar-refractivity contribution in [3.8, 4) is 0 Å². The van der Waals surface area contributed by atoms with E-state index in [0.29, 0.717) is 6.04 Å². The summed E-state index contributed by atoms with van der Waals surface area (Å²) in [6.07, 6.45) is 5.95. The Hall–Kier alpha value is -1.35. The summed E-state index contributed by atoms with van der Waals surface area (Å²) < 4.78 is 0. The molecular formula is C16H23NO2. The second kappa shape index (κ2) is 6.20. The van der Waals surface area contributed by atoms with Crippen molar-refractivity contribution in [3.05, 3.63) is 35.4 Å². The quantitative estimate of drug-likeness (QED) is 0.903. The summed E-state index contributed by atoms with van der Waals surface area (Å²) in [4.78, 5) is 13.7. The summed E-state index contributed by atoms with van der Waals surface area (Å²) in [6.45, 7) is 2.00. The van der Waals surface area contributed by atoms with Gasteiger partial charge in [-0.2, -0.15) is 0 Å². The lowest BCUT2D eigenvalue weighted by Crippen LogP contribution is -2.40. The zero-order valence-corrected chi connectivity index (χ0v) is 11.8. The molecule has 1 aromatic carbocycles. The summed E-state index contributed by atoms with van der Waals surface area (Å²) in [6, 6.07) is 7.72. The minimum absolute atomic E-state index is 0.398. The van der Waals surface area contributed by atoms with E-state index in [1.165, 1.54) is 19.3 Å². The molecule has 1 unspecified atom stereocenters. The number of aryl methyl sites for hydroxylation is 1. The van der Waals surface area contributed by atoms with Gasteiger partial charge in [-0.3, -0.25) is 9.69 Å². The molecule has 0 bridgehead atoms. The maximum Gasteiger partial charge on any atom is 0.325 e. The second-order valence-corrected chi connectivity index (χ2v) is 5.61. The van der Waals surface area contributed by atoms with Gasteiger partial charge in [-0.05, 0) is 32.4 Å². The largest absolute Gasteiger partial charge is 0.480 e. The summed E-state index contributed by atoms with van der Waals surface area (Å²) >= 11 is 0. The number of carboxylic acids is 1. The molecule has 0 aromatic heterocycles. The van der Waals surface area contributed by atoms with Gasteiger partial charge in [0.2, 0.25) is 0 Å². The Kier molecular flexibility index (Phi) is 4.59. The number of rotatable bonds is 4. The Morgan fingerprint density at radius 3 is 2.58 bits per heavy atom. The lowest BCUT2D eigenvalue weighted by atomic mass is 9.92. The third-order valence-electron chi connectivity index (χ3n) is 4.15. The monoisotopic (exact) mass is 261 g/mol. The van der Waals surface area contributed by atoms with Gasteiger partial charge < -0.3 is 5.11 Å². The molecule has 1 aromatic rings. The average molecular weight is 261 g/mol. The Labute approximate surface area is 115 Å². The average Bonchev–Trinajstić information content (AvgIpc) is 2.39. The first kappa shape index (κ1) is 14.1. The van der Waals surface area contributed by atoms with Crippen LogP contribution in [0.3, 0.4) is 0 Å². The van der Waals surface area contributed by atoms with E-state index < -0.39 is 12.0 Å². The van der Waals surface area contributed by atoms with Gasteiger partial charge in [0.1, 0.15) is 6.04 Å². The molecule has 3 heteroatoms. The lowest BCUT2D eigenvalue weighted by Gasteiger charge is -2.35. The maximum atomic E-state index is 11.7. The third kappa shape index (κ3) is 3.35. The van der Waals surface area contributed by atoms with Gasteiger partial charge in [0.15, 0.2) is 0 Å². The first-order chi connectivity index (χ1) is 9.09. The third-order valence-corrected chi connectivity index (χ3v) is 4.15. The van der Waals surface area contributed by atoms with Gasteiger partial charge in [0, 0.05) is 6.04 Å². The van der Waals surface area contributed by atoms with Crippen LogP contribution in [0.25, 0.3) is 0 Å². The van der Waals surface area contributed by atoms with E-state index in [1.54, 1.807) is 0 Å². The maximum absolute atomic E-state index is 11.7. The van der Waals surface area contributed by atoms with E-state index in [-0.39, 0.29) is 0 Å². The molecule has 1 aliphatic rings. The molecule has 1 fully saturated rings. The van der Waals surface area contributed by atoms with Crippen LogP contribution in [0.1, 0.15) is 49.3 Å². The molecule has 104 valence electrons. The minimum atomic E-state index is -0.751. The fraction of sp³-hybridized carbons (Fsp3) is 0.562. The number of hydrogen-bond donors (Lipinski definition) is 1. The van der Waals surface area contributed by atoms with Gasteiger partial charge in [-0.25, -0.2) is 0 Å². The van der Waals surface area contributed by atoms with Crippen LogP contribution in [-0.2, 0) is 4.79 Å². The van der Waals surface area contributed by atoms with Crippen molar-refractivity contribution in [2.24, 2.45) is 0 Å². The summed E-state index contributed by atoms with van der Waals surface area (Å²) in [7, 11) is 1.96. The number of nitrogens with zero attached hydrogens (tertiary/aromatic N) is 1. The van der Waals surface area contributed by atoms with Crippen LogP contribution in [0.5, 0.6) is 0 Å². The van der Waals surface area contributed by atoms with Crippen LogP contribution >= 0.6 is 0 Å². The van der Waals surface area contributed by atoms with E-state index >= 15 is 0 Å². The summed E-state index contributed by atoms with van der Waals surface area (Å²) in [5.74, 6) is -0.751. The van der Waals surface area contributed by atoms with Gasteiger partial charge in [0.05, 0.1) is 0 Å². The first-order valence-electron chi connectivity index (χ1n) is 7.11. The molecular weight excluding hydrogens is 238 g/mol. The van der Waals surface area contributed by atoms with Gasteiger partial charge >= 0.3 is 5.97 Å². The molecule has 0 radical (unpaired) electrons. The molecule has 0 amide bonds. The fourth-order valence-electron chi connectivity index (χ4n) is 3.09. The van der Waals surface area contributed by atoms with E-state index in [1.807, 2.05) is 38.2 Å². The molecule has 0 saturated heterocycles. The highest BCUT2D eigenvalue weighted by Gasteiger charge is 2.30. The van der Waals surface area contributed by atoms with Crippen LogP contribution in [0.4, 0.5) is 0 Å². The standard InChI is InChI=1S/C16H23NO2/c1-12-7-6-8-13(11-12)15(16(18)19)17(2)14-9-4-3-5-10-14/h6-8,11,14-15H,3-5,9-10H2,1-2H3,(H,18,19). The van der Waals surface area contributed by atoms with Crippen molar-refractivity contribution >= 4 is 5.97 Å². The van der Waals surface area contributed by atoms with Crippen LogP contribution < -0.4 is 0 Å². The molecule has 19 heavy (non-hydrogen) atoms. The smallest absolute Gasteiger partial charge is 0.325 e. The fourth-order valence-corrected chi connectivity index (χ4v) is 3.09. The van der Waals surface area contributed by atoms with Crippen LogP contribution in [-0.4, -0.2) is 29.1 Å². The van der Waals surface area contributed by atoms with Crippen molar-refractivity contribution in [1.29, 1.82) is 0 Å². The minimum Gasteiger partial charge on any atom is -0.480 e. The zero-order chi connectivity index (χ0) is 13.8. The van der Waals surface area contributed by atoms with Gasteiger partial charge in [-0.15, -0.1) is 0 Å². The number of hydrogen-bond acceptors (Lipinski definition) is 2. The van der Waals surface area contributed by atoms with Gasteiger partial charge in [0.25, 0.3) is 0 Å². The van der Waals surface area contributed by atoms with Crippen molar-refractivity contribution in [2.75, 3.05) is 7.05 Å². The topological polar surface area (TPSA) is 40.5 Å². The summed E-state index contributed by atoms with van der Waals surface area (Å²) in [5.41, 5.74) is 2.00. The first-order valence-corrected chi connectivity index (χ1v) is 7.11. The lowest BCUT2D eigenvalue weighted by molar-refractivity contribution is -0.144. The van der Waals surface area contributed by atoms with Crippen molar-refractivity contribution in [1.82, 2.24) is 4.90 Å². The normalized spacial score (nSPS) is 18.5. The van der Waals surface area contributed by atoms with Crippen molar-refractivity contribution in [3.63, 3.8) is 0 Å². The van der Waals surface area contributed by atoms with E-state index in [4.69, 9.17) is 0 Å². The van der Waals surface area contributed by atoms with Crippen LogP contribution in [0, 0.1) is 6.92 Å². The molecule has 2 rings (SSSR count). The molecule has 1 aliphatic carbocycles. The van der Waals surface area contributed by atoms with Crippen molar-refractivity contribution in [2.45, 2.75) is 51.1 Å². The van der Waals surface area contributed by atoms with E-state index in [0.717, 1.165) is 24.0 Å².